The van der Waals surface area contributed by atoms with Crippen molar-refractivity contribution < 1.29 is 4.52 Å². The Bertz CT molecular complexity index is 400. The zero-order valence-electron chi connectivity index (χ0n) is 8.21. The average Bonchev–Trinajstić information content (AvgIpc) is 2.80. The van der Waals surface area contributed by atoms with Crippen molar-refractivity contribution in [2.45, 2.75) is 15.5 Å². The number of benzene rings is 1. The Balaban J connectivity index is 1.93. The first kappa shape index (κ1) is 10.6. The lowest BCUT2D eigenvalue weighted by Gasteiger charge is -1.99. The van der Waals surface area contributed by atoms with Crippen LogP contribution in [0.15, 0.2) is 45.0 Å². The zero-order valence-corrected chi connectivity index (χ0v) is 9.85. The summed E-state index contributed by atoms with van der Waals surface area (Å²) < 4.78 is 4.66. The van der Waals surface area contributed by atoms with Crippen molar-refractivity contribution in [2.24, 2.45) is 0 Å². The molecule has 2 aromatic rings. The van der Waals surface area contributed by atoms with Gasteiger partial charge in [0.2, 0.25) is 6.39 Å². The smallest absolute Gasteiger partial charge is 0.213 e. The average molecular weight is 238 g/mol. The minimum atomic E-state index is 0.731. The molecule has 15 heavy (non-hydrogen) atoms. The van der Waals surface area contributed by atoms with Crippen LogP contribution < -0.4 is 0 Å². The van der Waals surface area contributed by atoms with Crippen molar-refractivity contribution in [1.29, 1.82) is 0 Å². The lowest BCUT2D eigenvalue weighted by atomic mass is 10.4. The van der Waals surface area contributed by atoms with Gasteiger partial charge in [-0.1, -0.05) is 5.16 Å². The number of rotatable bonds is 4. The molecule has 0 fully saturated rings. The van der Waals surface area contributed by atoms with Crippen molar-refractivity contribution in [2.75, 3.05) is 6.26 Å². The summed E-state index contributed by atoms with van der Waals surface area (Å²) in [5.74, 6) is 1.48. The van der Waals surface area contributed by atoms with Gasteiger partial charge in [-0.05, 0) is 30.5 Å². The maximum Gasteiger partial charge on any atom is 0.213 e. The molecule has 78 valence electrons. The highest BCUT2D eigenvalue weighted by Crippen LogP contribution is 2.24. The van der Waals surface area contributed by atoms with Crippen LogP contribution in [0.5, 0.6) is 0 Å². The van der Waals surface area contributed by atoms with Crippen LogP contribution in [0, 0.1) is 0 Å². The highest BCUT2D eigenvalue weighted by atomic mass is 32.2. The number of hydrogen-bond donors (Lipinski definition) is 0. The zero-order chi connectivity index (χ0) is 10.5. The van der Waals surface area contributed by atoms with Crippen LogP contribution in [0.2, 0.25) is 0 Å². The van der Waals surface area contributed by atoms with Gasteiger partial charge in [-0.2, -0.15) is 4.98 Å². The van der Waals surface area contributed by atoms with Crippen LogP contribution in [0.1, 0.15) is 5.82 Å². The Morgan fingerprint density at radius 1 is 1.20 bits per heavy atom. The summed E-state index contributed by atoms with van der Waals surface area (Å²) in [4.78, 5) is 6.46. The van der Waals surface area contributed by atoms with Gasteiger partial charge in [0, 0.05) is 9.79 Å². The number of aromatic nitrogens is 2. The Hall–Kier alpha value is -0.940. The van der Waals surface area contributed by atoms with Crippen molar-refractivity contribution >= 4 is 23.5 Å². The fraction of sp³-hybridized carbons (Fsp3) is 0.200. The van der Waals surface area contributed by atoms with E-state index in [1.54, 1.807) is 23.5 Å². The molecule has 3 nitrogen and oxygen atoms in total. The fourth-order valence-corrected chi connectivity index (χ4v) is 2.24. The monoisotopic (exact) mass is 238 g/mol. The first-order chi connectivity index (χ1) is 7.38. The summed E-state index contributed by atoms with van der Waals surface area (Å²) >= 11 is 3.45. The van der Waals surface area contributed by atoms with Gasteiger partial charge < -0.3 is 4.52 Å². The van der Waals surface area contributed by atoms with E-state index < -0.39 is 0 Å². The van der Waals surface area contributed by atoms with Gasteiger partial charge in [-0.3, -0.25) is 0 Å². The first-order valence-corrected chi connectivity index (χ1v) is 6.61. The Morgan fingerprint density at radius 3 is 2.53 bits per heavy atom. The largest absolute Gasteiger partial charge is 0.343 e. The van der Waals surface area contributed by atoms with Crippen LogP contribution in [-0.4, -0.2) is 16.4 Å². The topological polar surface area (TPSA) is 38.9 Å². The summed E-state index contributed by atoms with van der Waals surface area (Å²) in [7, 11) is 0. The summed E-state index contributed by atoms with van der Waals surface area (Å²) in [6, 6.07) is 8.44. The first-order valence-electron chi connectivity index (χ1n) is 4.40. The van der Waals surface area contributed by atoms with E-state index in [1.807, 2.05) is 0 Å². The maximum absolute atomic E-state index is 4.66. The van der Waals surface area contributed by atoms with Crippen LogP contribution in [-0.2, 0) is 5.75 Å². The van der Waals surface area contributed by atoms with Crippen LogP contribution in [0.4, 0.5) is 0 Å². The molecule has 1 heterocycles. The molecule has 0 atom stereocenters. The van der Waals surface area contributed by atoms with E-state index in [1.165, 1.54) is 16.2 Å². The lowest BCUT2D eigenvalue weighted by Crippen LogP contribution is -1.82. The molecule has 0 N–H and O–H groups in total. The van der Waals surface area contributed by atoms with Crippen molar-refractivity contribution in [1.82, 2.24) is 10.1 Å². The standard InChI is InChI=1S/C10H10N2OS2/c1-14-8-2-4-9(5-3-8)15-6-10-11-7-13-12-10/h2-5,7H,6H2,1H3. The SMILES string of the molecule is CSc1ccc(SCc2ncon2)cc1. The number of nitrogens with zero attached hydrogens (tertiary/aromatic N) is 2. The number of thioether (sulfide) groups is 2. The predicted octanol–water partition coefficient (Wildman–Crippen LogP) is 3.08. The second-order valence-corrected chi connectivity index (χ2v) is 4.74. The molecule has 1 aromatic carbocycles. The van der Waals surface area contributed by atoms with Gasteiger partial charge >= 0.3 is 0 Å². The quantitative estimate of drug-likeness (QED) is 0.765. The molecule has 0 spiro atoms. The maximum atomic E-state index is 4.66. The lowest BCUT2D eigenvalue weighted by molar-refractivity contribution is 0.412. The van der Waals surface area contributed by atoms with Crippen molar-refractivity contribution in [3.05, 3.63) is 36.5 Å². The van der Waals surface area contributed by atoms with Gasteiger partial charge in [0.1, 0.15) is 0 Å². The van der Waals surface area contributed by atoms with E-state index in [0.717, 1.165) is 11.6 Å². The van der Waals surface area contributed by atoms with Crippen LogP contribution in [0.25, 0.3) is 0 Å². The molecule has 0 aliphatic heterocycles. The second-order valence-electron chi connectivity index (χ2n) is 2.81. The molecule has 0 saturated heterocycles. The van der Waals surface area contributed by atoms with Crippen LogP contribution in [0.3, 0.4) is 0 Å². The molecule has 0 saturated carbocycles. The van der Waals surface area contributed by atoms with Gasteiger partial charge in [-0.15, -0.1) is 23.5 Å². The van der Waals surface area contributed by atoms with E-state index in [2.05, 4.69) is 45.2 Å². The van der Waals surface area contributed by atoms with E-state index >= 15 is 0 Å². The highest BCUT2D eigenvalue weighted by Gasteiger charge is 2.00. The Labute approximate surface area is 96.6 Å². The molecular formula is C10H10N2OS2. The highest BCUT2D eigenvalue weighted by molar-refractivity contribution is 7.99. The van der Waals surface area contributed by atoms with Crippen molar-refractivity contribution in [3.8, 4) is 0 Å². The third kappa shape index (κ3) is 3.00. The van der Waals surface area contributed by atoms with Gasteiger partial charge in [0.05, 0.1) is 5.75 Å². The molecule has 5 heteroatoms. The predicted molar refractivity (Wildman–Crippen MR) is 62.1 cm³/mol. The molecule has 0 bridgehead atoms. The van der Waals surface area contributed by atoms with Gasteiger partial charge in [0.25, 0.3) is 0 Å². The van der Waals surface area contributed by atoms with Crippen LogP contribution >= 0.6 is 23.5 Å². The summed E-state index contributed by atoms with van der Waals surface area (Å²) in [5, 5.41) is 3.75. The third-order valence-corrected chi connectivity index (χ3v) is 3.59. The van der Waals surface area contributed by atoms with E-state index in [0.29, 0.717) is 0 Å². The van der Waals surface area contributed by atoms with E-state index in [9.17, 15) is 0 Å². The molecular weight excluding hydrogens is 228 g/mol. The normalized spacial score (nSPS) is 10.5. The summed E-state index contributed by atoms with van der Waals surface area (Å²) in [5.41, 5.74) is 0. The van der Waals surface area contributed by atoms with E-state index in [4.69, 9.17) is 0 Å². The second kappa shape index (κ2) is 5.23. The molecule has 0 radical (unpaired) electrons. The minimum absolute atomic E-state index is 0.731. The van der Waals surface area contributed by atoms with Gasteiger partial charge in [0.15, 0.2) is 5.82 Å². The summed E-state index contributed by atoms with van der Waals surface area (Å²) in [6.45, 7) is 0. The molecule has 2 rings (SSSR count). The molecule has 0 aliphatic carbocycles. The summed E-state index contributed by atoms with van der Waals surface area (Å²) in [6.07, 6.45) is 3.42. The number of hydrogen-bond acceptors (Lipinski definition) is 5. The minimum Gasteiger partial charge on any atom is -0.343 e. The fourth-order valence-electron chi connectivity index (χ4n) is 1.08. The Kier molecular flexibility index (Phi) is 3.69. The van der Waals surface area contributed by atoms with Gasteiger partial charge in [-0.25, -0.2) is 0 Å². The molecule has 0 aliphatic rings. The Morgan fingerprint density at radius 2 is 1.93 bits per heavy atom. The molecule has 0 unspecified atom stereocenters. The molecule has 0 amide bonds. The van der Waals surface area contributed by atoms with E-state index in [-0.39, 0.29) is 0 Å². The third-order valence-electron chi connectivity index (χ3n) is 1.83. The van der Waals surface area contributed by atoms with Crippen molar-refractivity contribution in [3.63, 3.8) is 0 Å². The molecule has 1 aromatic heterocycles.